The van der Waals surface area contributed by atoms with Crippen molar-refractivity contribution in [3.63, 3.8) is 0 Å². The van der Waals surface area contributed by atoms with Gasteiger partial charge in [0.25, 0.3) is 5.91 Å². The minimum atomic E-state index is -3.40. The van der Waals surface area contributed by atoms with E-state index in [4.69, 9.17) is 16.0 Å². The van der Waals surface area contributed by atoms with Crippen LogP contribution in [0.2, 0.25) is 4.34 Å². The van der Waals surface area contributed by atoms with Gasteiger partial charge in [0, 0.05) is 16.7 Å². The van der Waals surface area contributed by atoms with E-state index in [0.717, 1.165) is 11.1 Å². The van der Waals surface area contributed by atoms with Gasteiger partial charge in [-0.25, -0.2) is 8.42 Å². The van der Waals surface area contributed by atoms with Gasteiger partial charge in [0.15, 0.2) is 9.84 Å². The third-order valence-corrected chi connectivity index (χ3v) is 5.51. The fourth-order valence-corrected chi connectivity index (χ4v) is 3.75. The normalized spacial score (nSPS) is 11.4. The predicted octanol–water partition coefficient (Wildman–Crippen LogP) is 3.03. The molecule has 0 spiro atoms. The van der Waals surface area contributed by atoms with E-state index in [1.54, 1.807) is 6.07 Å². The fraction of sp³-hybridized carbons (Fsp3) is 0.133. The maximum absolute atomic E-state index is 12.2. The van der Waals surface area contributed by atoms with Crippen LogP contribution < -0.4 is 5.32 Å². The Morgan fingerprint density at radius 1 is 1.28 bits per heavy atom. The van der Waals surface area contributed by atoms with Crippen molar-refractivity contribution in [1.29, 1.82) is 0 Å². The number of carbonyl (C=O) groups excluding carboxylic acids is 1. The molecule has 1 amide bonds. The monoisotopic (exact) mass is 397 g/mol. The number of halogens is 1. The molecule has 0 fully saturated rings. The molecule has 3 aromatic rings. The molecule has 0 aliphatic rings. The van der Waals surface area contributed by atoms with Gasteiger partial charge < -0.3 is 4.42 Å². The van der Waals surface area contributed by atoms with E-state index >= 15 is 0 Å². The van der Waals surface area contributed by atoms with Crippen LogP contribution in [-0.4, -0.2) is 30.8 Å². The molecular weight excluding hydrogens is 386 g/mol. The molecule has 0 atom stereocenters. The Bertz CT molecular complexity index is 1030. The molecule has 0 unspecified atom stereocenters. The SMILES string of the molecule is CS(=O)(=O)c1cccc(C(=O)Nc2nnc(Cc3ccc(Cl)s3)o2)c1. The smallest absolute Gasteiger partial charge is 0.322 e. The summed E-state index contributed by atoms with van der Waals surface area (Å²) in [5, 5.41) is 10.1. The van der Waals surface area contributed by atoms with Gasteiger partial charge in [-0.2, -0.15) is 0 Å². The number of carbonyl (C=O) groups is 1. The van der Waals surface area contributed by atoms with Gasteiger partial charge in [0.05, 0.1) is 15.7 Å². The standard InChI is InChI=1S/C15H12ClN3O4S2/c1-25(21,22)11-4-2-3-9(7-11)14(20)17-15-19-18-13(23-15)8-10-5-6-12(16)24-10/h2-7H,8H2,1H3,(H,17,19,20). The number of thiophene rings is 1. The summed E-state index contributed by atoms with van der Waals surface area (Å²) in [7, 11) is -3.40. The largest absolute Gasteiger partial charge is 0.407 e. The third-order valence-electron chi connectivity index (χ3n) is 3.17. The lowest BCUT2D eigenvalue weighted by Crippen LogP contribution is -2.13. The van der Waals surface area contributed by atoms with Crippen molar-refractivity contribution in [1.82, 2.24) is 10.2 Å². The minimum Gasteiger partial charge on any atom is -0.407 e. The van der Waals surface area contributed by atoms with Crippen molar-refractivity contribution >= 4 is 44.7 Å². The van der Waals surface area contributed by atoms with Crippen LogP contribution in [0.25, 0.3) is 0 Å². The molecule has 0 bridgehead atoms. The molecule has 3 rings (SSSR count). The Hall–Kier alpha value is -2.23. The minimum absolute atomic E-state index is 0.0564. The zero-order valence-electron chi connectivity index (χ0n) is 12.9. The van der Waals surface area contributed by atoms with E-state index in [9.17, 15) is 13.2 Å². The number of rotatable bonds is 5. The van der Waals surface area contributed by atoms with E-state index in [-0.39, 0.29) is 16.5 Å². The first kappa shape index (κ1) is 17.6. The highest BCUT2D eigenvalue weighted by Gasteiger charge is 2.15. The summed E-state index contributed by atoms with van der Waals surface area (Å²) in [6.07, 6.45) is 1.48. The number of hydrogen-bond acceptors (Lipinski definition) is 7. The Kier molecular flexibility index (Phi) is 4.89. The average Bonchev–Trinajstić information content (AvgIpc) is 3.16. The molecule has 130 valence electrons. The van der Waals surface area contributed by atoms with E-state index in [1.807, 2.05) is 6.07 Å². The van der Waals surface area contributed by atoms with Crippen LogP contribution in [0.4, 0.5) is 6.01 Å². The second kappa shape index (κ2) is 6.95. The Morgan fingerprint density at radius 2 is 2.08 bits per heavy atom. The molecule has 7 nitrogen and oxygen atoms in total. The molecule has 10 heteroatoms. The first-order chi connectivity index (χ1) is 11.8. The number of sulfone groups is 1. The summed E-state index contributed by atoms with van der Waals surface area (Å²) in [5.41, 5.74) is 0.174. The van der Waals surface area contributed by atoms with Gasteiger partial charge in [0.2, 0.25) is 5.89 Å². The highest BCUT2D eigenvalue weighted by Crippen LogP contribution is 2.24. The van der Waals surface area contributed by atoms with Gasteiger partial charge in [-0.15, -0.1) is 16.4 Å². The fourth-order valence-electron chi connectivity index (χ4n) is 2.01. The number of hydrogen-bond donors (Lipinski definition) is 1. The zero-order chi connectivity index (χ0) is 18.0. The van der Waals surface area contributed by atoms with Crippen molar-refractivity contribution in [3.05, 3.63) is 57.1 Å². The number of nitrogens with zero attached hydrogens (tertiary/aromatic N) is 2. The lowest BCUT2D eigenvalue weighted by molar-refractivity contribution is 0.102. The van der Waals surface area contributed by atoms with Gasteiger partial charge in [-0.05, 0) is 30.3 Å². The van der Waals surface area contributed by atoms with Crippen molar-refractivity contribution in [2.75, 3.05) is 11.6 Å². The summed E-state index contributed by atoms with van der Waals surface area (Å²) in [6, 6.07) is 9.26. The van der Waals surface area contributed by atoms with E-state index in [1.165, 1.54) is 35.6 Å². The number of amides is 1. The molecule has 0 saturated heterocycles. The highest BCUT2D eigenvalue weighted by atomic mass is 35.5. The van der Waals surface area contributed by atoms with Crippen LogP contribution in [0, 0.1) is 0 Å². The highest BCUT2D eigenvalue weighted by molar-refractivity contribution is 7.90. The van der Waals surface area contributed by atoms with Crippen LogP contribution in [0.3, 0.4) is 0 Å². The first-order valence-corrected chi connectivity index (χ1v) is 10.1. The summed E-state index contributed by atoms with van der Waals surface area (Å²) in [4.78, 5) is 13.2. The molecule has 0 aliphatic heterocycles. The molecule has 1 N–H and O–H groups in total. The lowest BCUT2D eigenvalue weighted by atomic mass is 10.2. The number of anilines is 1. The molecule has 2 heterocycles. The molecule has 0 radical (unpaired) electrons. The summed E-state index contributed by atoms with van der Waals surface area (Å²) < 4.78 is 29.2. The molecule has 0 aliphatic carbocycles. The summed E-state index contributed by atoms with van der Waals surface area (Å²) >= 11 is 7.27. The van der Waals surface area contributed by atoms with Crippen molar-refractivity contribution in [2.45, 2.75) is 11.3 Å². The maximum atomic E-state index is 12.2. The Balaban J connectivity index is 1.71. The van der Waals surface area contributed by atoms with Crippen LogP contribution in [0.5, 0.6) is 0 Å². The topological polar surface area (TPSA) is 102 Å². The van der Waals surface area contributed by atoms with Gasteiger partial charge >= 0.3 is 6.01 Å². The summed E-state index contributed by atoms with van der Waals surface area (Å²) in [6.45, 7) is 0. The van der Waals surface area contributed by atoms with E-state index in [2.05, 4.69) is 15.5 Å². The first-order valence-electron chi connectivity index (χ1n) is 6.99. The second-order valence-electron chi connectivity index (χ2n) is 5.14. The van der Waals surface area contributed by atoms with E-state index < -0.39 is 15.7 Å². The molecular formula is C15H12ClN3O4S2. The van der Waals surface area contributed by atoms with Crippen LogP contribution >= 0.6 is 22.9 Å². The predicted molar refractivity (Wildman–Crippen MR) is 93.9 cm³/mol. The quantitative estimate of drug-likeness (QED) is 0.709. The van der Waals surface area contributed by atoms with Crippen molar-refractivity contribution in [2.24, 2.45) is 0 Å². The van der Waals surface area contributed by atoms with Crippen LogP contribution in [0.15, 0.2) is 45.7 Å². The third kappa shape index (κ3) is 4.44. The lowest BCUT2D eigenvalue weighted by Gasteiger charge is -2.03. The maximum Gasteiger partial charge on any atom is 0.322 e. The van der Waals surface area contributed by atoms with Gasteiger partial charge in [0.1, 0.15) is 0 Å². The van der Waals surface area contributed by atoms with Crippen LogP contribution in [0.1, 0.15) is 21.1 Å². The number of aromatic nitrogens is 2. The van der Waals surface area contributed by atoms with Gasteiger partial charge in [-0.1, -0.05) is 22.8 Å². The number of benzene rings is 1. The molecule has 0 saturated carbocycles. The van der Waals surface area contributed by atoms with Crippen LogP contribution in [-0.2, 0) is 16.3 Å². The molecule has 1 aromatic carbocycles. The second-order valence-corrected chi connectivity index (χ2v) is 8.95. The Labute approximate surface area is 152 Å². The van der Waals surface area contributed by atoms with Crippen molar-refractivity contribution < 1.29 is 17.6 Å². The zero-order valence-corrected chi connectivity index (χ0v) is 15.3. The average molecular weight is 398 g/mol. The Morgan fingerprint density at radius 3 is 2.76 bits per heavy atom. The summed E-state index contributed by atoms with van der Waals surface area (Å²) in [5.74, 6) is -0.210. The van der Waals surface area contributed by atoms with E-state index in [0.29, 0.717) is 16.6 Å². The molecule has 25 heavy (non-hydrogen) atoms. The van der Waals surface area contributed by atoms with Crippen molar-refractivity contribution in [3.8, 4) is 0 Å². The van der Waals surface area contributed by atoms with Gasteiger partial charge in [-0.3, -0.25) is 10.1 Å². The molecule has 2 aromatic heterocycles. The number of nitrogens with one attached hydrogen (secondary N) is 1.